The molecular weight excluding hydrogens is 366 g/mol. The third kappa shape index (κ3) is 4.86. The van der Waals surface area contributed by atoms with E-state index in [0.717, 1.165) is 45.6 Å². The zero-order valence-corrected chi connectivity index (χ0v) is 17.5. The number of methoxy groups -OCH3 is 1. The molecule has 2 saturated carbocycles. The number of hydrogen-bond donors (Lipinski definition) is 2. The van der Waals surface area contributed by atoms with Crippen LogP contribution >= 0.6 is 0 Å². The van der Waals surface area contributed by atoms with E-state index in [4.69, 9.17) is 0 Å². The van der Waals surface area contributed by atoms with Crippen LogP contribution in [-0.2, 0) is 9.53 Å². The van der Waals surface area contributed by atoms with Crippen molar-refractivity contribution in [2.75, 3.05) is 7.11 Å². The normalized spacial score (nSPS) is 28.2. The van der Waals surface area contributed by atoms with Gasteiger partial charge in [0, 0.05) is 17.8 Å². The molecule has 0 aromatic carbocycles. The molecule has 28 heavy (non-hydrogen) atoms. The van der Waals surface area contributed by atoms with Crippen LogP contribution in [0.4, 0.5) is 8.78 Å². The predicted octanol–water partition coefficient (Wildman–Crippen LogP) is 5.20. The van der Waals surface area contributed by atoms with Gasteiger partial charge in [-0.25, -0.2) is 13.6 Å². The van der Waals surface area contributed by atoms with Crippen molar-refractivity contribution in [3.8, 4) is 0 Å². The fourth-order valence-electron chi connectivity index (χ4n) is 5.52. The van der Waals surface area contributed by atoms with E-state index in [9.17, 15) is 23.8 Å². The molecule has 0 bridgehead atoms. The zero-order valence-electron chi connectivity index (χ0n) is 17.5. The van der Waals surface area contributed by atoms with Crippen LogP contribution in [0.5, 0.6) is 0 Å². The second kappa shape index (κ2) is 9.84. The fourth-order valence-corrected chi connectivity index (χ4v) is 5.52. The number of alkyl halides is 2. The predicted molar refractivity (Wildman–Crippen MR) is 104 cm³/mol. The molecule has 0 unspecified atom stereocenters. The highest BCUT2D eigenvalue weighted by molar-refractivity contribution is 5.76. The van der Waals surface area contributed by atoms with E-state index in [1.165, 1.54) is 19.3 Å². The number of esters is 1. The summed E-state index contributed by atoms with van der Waals surface area (Å²) in [5, 5.41) is 19.2. The molecule has 2 N–H and O–H groups in total. The Morgan fingerprint density at radius 2 is 1.68 bits per heavy atom. The summed E-state index contributed by atoms with van der Waals surface area (Å²) in [5.74, 6) is -6.33. The fraction of sp³-hybridized carbons (Fsp3) is 0.955. The van der Waals surface area contributed by atoms with Crippen LogP contribution in [0.15, 0.2) is 0 Å². The van der Waals surface area contributed by atoms with E-state index in [-0.39, 0.29) is 12.3 Å². The summed E-state index contributed by atoms with van der Waals surface area (Å²) >= 11 is 0. The Labute approximate surface area is 168 Å². The number of aliphatic hydroxyl groups is 2. The lowest BCUT2D eigenvalue weighted by Crippen LogP contribution is -2.39. The van der Waals surface area contributed by atoms with E-state index < -0.39 is 29.0 Å². The molecule has 0 aliphatic heterocycles. The third-order valence-electron chi connectivity index (χ3n) is 7.16. The molecule has 3 atom stereocenters. The topological polar surface area (TPSA) is 66.8 Å². The standard InChI is InChI=1S/C22H38F2O4/c1-3-4-5-6-7-10-15-20-17(13-14-18(20)22(20,23)24)12-9-8-11-16-21(26,27)19(25)28-2/h17-18,26-27H,3-16H2,1-2H3/t17-,18+,20-/m0/s1. The van der Waals surface area contributed by atoms with Crippen molar-refractivity contribution in [1.29, 1.82) is 0 Å². The Morgan fingerprint density at radius 3 is 2.32 bits per heavy atom. The van der Waals surface area contributed by atoms with Gasteiger partial charge in [0.25, 0.3) is 11.7 Å². The number of fused-ring (bicyclic) bond motifs is 1. The smallest absolute Gasteiger partial charge is 0.366 e. The first-order valence-electron chi connectivity index (χ1n) is 11.1. The van der Waals surface area contributed by atoms with E-state index in [1.807, 2.05) is 0 Å². The lowest BCUT2D eigenvalue weighted by atomic mass is 9.81. The van der Waals surface area contributed by atoms with Gasteiger partial charge in [0.15, 0.2) is 0 Å². The molecule has 2 rings (SSSR count). The number of carbonyl (C=O) groups is 1. The van der Waals surface area contributed by atoms with Crippen LogP contribution in [-0.4, -0.2) is 35.0 Å². The highest BCUT2D eigenvalue weighted by atomic mass is 19.3. The monoisotopic (exact) mass is 404 g/mol. The molecule has 4 nitrogen and oxygen atoms in total. The molecular formula is C22H38F2O4. The number of carbonyl (C=O) groups excluding carboxylic acids is 1. The van der Waals surface area contributed by atoms with E-state index in [2.05, 4.69) is 11.7 Å². The average molecular weight is 405 g/mol. The first-order chi connectivity index (χ1) is 13.2. The summed E-state index contributed by atoms with van der Waals surface area (Å²) in [6.45, 7) is 2.17. The van der Waals surface area contributed by atoms with Crippen LogP contribution in [0.25, 0.3) is 0 Å². The molecule has 0 amide bonds. The minimum atomic E-state index is -2.49. The summed E-state index contributed by atoms with van der Waals surface area (Å²) in [6, 6.07) is 0. The Balaban J connectivity index is 1.73. The van der Waals surface area contributed by atoms with Crippen LogP contribution < -0.4 is 0 Å². The molecule has 0 radical (unpaired) electrons. The number of hydrogen-bond acceptors (Lipinski definition) is 4. The summed E-state index contributed by atoms with van der Waals surface area (Å²) in [6.07, 6.45) is 11.5. The van der Waals surface area contributed by atoms with Crippen LogP contribution in [0.1, 0.15) is 96.8 Å². The summed E-state index contributed by atoms with van der Waals surface area (Å²) in [5.41, 5.74) is -0.762. The average Bonchev–Trinajstić information content (AvgIpc) is 2.93. The molecule has 0 spiro atoms. The second-order valence-corrected chi connectivity index (χ2v) is 8.92. The molecule has 0 heterocycles. The van der Waals surface area contributed by atoms with Gasteiger partial charge in [-0.15, -0.1) is 0 Å². The maximum absolute atomic E-state index is 14.5. The lowest BCUT2D eigenvalue weighted by Gasteiger charge is -2.25. The molecule has 6 heteroatoms. The minimum Gasteiger partial charge on any atom is -0.465 e. The van der Waals surface area contributed by atoms with Gasteiger partial charge in [-0.3, -0.25) is 0 Å². The zero-order chi connectivity index (χ0) is 20.8. The van der Waals surface area contributed by atoms with Crippen molar-refractivity contribution in [1.82, 2.24) is 0 Å². The van der Waals surface area contributed by atoms with Gasteiger partial charge >= 0.3 is 5.97 Å². The summed E-state index contributed by atoms with van der Waals surface area (Å²) in [7, 11) is 1.11. The van der Waals surface area contributed by atoms with Gasteiger partial charge in [0.05, 0.1) is 7.11 Å². The molecule has 2 fully saturated rings. The Morgan fingerprint density at radius 1 is 1.04 bits per heavy atom. The van der Waals surface area contributed by atoms with Gasteiger partial charge in [-0.2, -0.15) is 0 Å². The maximum Gasteiger partial charge on any atom is 0.366 e. The second-order valence-electron chi connectivity index (χ2n) is 8.92. The number of ether oxygens (including phenoxy) is 1. The maximum atomic E-state index is 14.5. The van der Waals surface area contributed by atoms with Gasteiger partial charge in [-0.1, -0.05) is 58.3 Å². The largest absolute Gasteiger partial charge is 0.465 e. The molecule has 164 valence electrons. The highest BCUT2D eigenvalue weighted by Crippen LogP contribution is 2.78. The third-order valence-corrected chi connectivity index (χ3v) is 7.16. The van der Waals surface area contributed by atoms with Crippen LogP contribution in [0.2, 0.25) is 0 Å². The number of halogens is 2. The first kappa shape index (κ1) is 23.5. The lowest BCUT2D eigenvalue weighted by molar-refractivity contribution is -0.209. The summed E-state index contributed by atoms with van der Waals surface area (Å²) < 4.78 is 33.4. The Bertz CT molecular complexity index is 509. The molecule has 2 aliphatic carbocycles. The molecule has 2 aliphatic rings. The van der Waals surface area contributed by atoms with Crippen molar-refractivity contribution >= 4 is 5.97 Å². The first-order valence-corrected chi connectivity index (χ1v) is 11.1. The molecule has 0 aromatic heterocycles. The van der Waals surface area contributed by atoms with Crippen LogP contribution in [0, 0.1) is 17.3 Å². The quantitative estimate of drug-likeness (QED) is 0.237. The highest BCUT2D eigenvalue weighted by Gasteiger charge is 2.83. The number of rotatable bonds is 14. The van der Waals surface area contributed by atoms with Crippen molar-refractivity contribution in [2.24, 2.45) is 17.3 Å². The molecule has 0 saturated heterocycles. The van der Waals surface area contributed by atoms with Crippen molar-refractivity contribution in [2.45, 2.75) is 109 Å². The van der Waals surface area contributed by atoms with Crippen molar-refractivity contribution < 1.29 is 28.5 Å². The van der Waals surface area contributed by atoms with Crippen molar-refractivity contribution in [3.05, 3.63) is 0 Å². The number of unbranched alkanes of at least 4 members (excludes halogenated alkanes) is 7. The van der Waals surface area contributed by atoms with E-state index in [1.54, 1.807) is 0 Å². The van der Waals surface area contributed by atoms with Crippen molar-refractivity contribution in [3.63, 3.8) is 0 Å². The SMILES string of the molecule is CCCCCCCC[C@]12[C@@H](CCCCCC(O)(O)C(=O)OC)CC[C@H]1C2(F)F. The van der Waals surface area contributed by atoms with E-state index >= 15 is 0 Å². The van der Waals surface area contributed by atoms with Gasteiger partial charge in [0.2, 0.25) is 0 Å². The Hall–Kier alpha value is -0.750. The molecule has 0 aromatic rings. The van der Waals surface area contributed by atoms with E-state index in [0.29, 0.717) is 25.7 Å². The summed E-state index contributed by atoms with van der Waals surface area (Å²) in [4.78, 5) is 11.2. The Kier molecular flexibility index (Phi) is 8.26. The van der Waals surface area contributed by atoms with Gasteiger partial charge in [0.1, 0.15) is 0 Å². The van der Waals surface area contributed by atoms with Crippen LogP contribution in [0.3, 0.4) is 0 Å². The van der Waals surface area contributed by atoms with Gasteiger partial charge in [-0.05, 0) is 38.0 Å². The van der Waals surface area contributed by atoms with Gasteiger partial charge < -0.3 is 14.9 Å². The minimum absolute atomic E-state index is 0.0803.